The van der Waals surface area contributed by atoms with E-state index >= 15 is 0 Å². The molecule has 1 N–H and O–H groups in total. The quantitative estimate of drug-likeness (QED) is 0.909. The standard InChI is InChI=1S/C17H27N3/c1-19-10-4-5-16(14-19)18-13-15-6-8-17(9-7-15)20-11-2-3-12-20/h6-9,16,18H,2-5,10-14H2,1H3. The van der Waals surface area contributed by atoms with Crippen molar-refractivity contribution in [2.45, 2.75) is 38.3 Å². The predicted octanol–water partition coefficient (Wildman–Crippen LogP) is 2.47. The highest BCUT2D eigenvalue weighted by molar-refractivity contribution is 5.48. The van der Waals surface area contributed by atoms with E-state index in [1.807, 2.05) is 0 Å². The maximum absolute atomic E-state index is 3.70. The molecule has 1 aromatic rings. The summed E-state index contributed by atoms with van der Waals surface area (Å²) < 4.78 is 0. The Kier molecular flexibility index (Phi) is 4.58. The predicted molar refractivity (Wildman–Crippen MR) is 85.2 cm³/mol. The van der Waals surface area contributed by atoms with Crippen LogP contribution in [-0.4, -0.2) is 44.2 Å². The molecule has 3 nitrogen and oxygen atoms in total. The molecule has 0 saturated carbocycles. The van der Waals surface area contributed by atoms with Crippen molar-refractivity contribution in [3.8, 4) is 0 Å². The summed E-state index contributed by atoms with van der Waals surface area (Å²) in [5.74, 6) is 0. The molecule has 0 radical (unpaired) electrons. The highest BCUT2D eigenvalue weighted by Gasteiger charge is 2.16. The molecule has 0 bridgehead atoms. The molecule has 2 aliphatic heterocycles. The topological polar surface area (TPSA) is 18.5 Å². The third-order valence-electron chi connectivity index (χ3n) is 4.63. The lowest BCUT2D eigenvalue weighted by molar-refractivity contribution is 0.226. The van der Waals surface area contributed by atoms with Gasteiger partial charge in [0, 0.05) is 37.9 Å². The van der Waals surface area contributed by atoms with Gasteiger partial charge in [0.05, 0.1) is 0 Å². The molecule has 0 amide bonds. The first-order chi connectivity index (χ1) is 9.81. The van der Waals surface area contributed by atoms with Gasteiger partial charge in [-0.15, -0.1) is 0 Å². The zero-order valence-electron chi connectivity index (χ0n) is 12.6. The molecule has 3 rings (SSSR count). The zero-order valence-corrected chi connectivity index (χ0v) is 12.6. The van der Waals surface area contributed by atoms with Gasteiger partial charge in [-0.2, -0.15) is 0 Å². The van der Waals surface area contributed by atoms with Crippen molar-refractivity contribution < 1.29 is 0 Å². The fourth-order valence-electron chi connectivity index (χ4n) is 3.40. The molecule has 0 spiro atoms. The lowest BCUT2D eigenvalue weighted by Gasteiger charge is -2.30. The van der Waals surface area contributed by atoms with Crippen molar-refractivity contribution in [1.29, 1.82) is 0 Å². The first kappa shape index (κ1) is 13.9. The minimum absolute atomic E-state index is 0.659. The molecule has 2 fully saturated rings. The Hall–Kier alpha value is -1.06. The van der Waals surface area contributed by atoms with Crippen molar-refractivity contribution in [3.05, 3.63) is 29.8 Å². The summed E-state index contributed by atoms with van der Waals surface area (Å²) in [4.78, 5) is 4.92. The van der Waals surface area contributed by atoms with Gasteiger partial charge in [-0.05, 0) is 57.0 Å². The van der Waals surface area contributed by atoms with E-state index in [2.05, 4.69) is 46.4 Å². The van der Waals surface area contributed by atoms with Crippen LogP contribution < -0.4 is 10.2 Å². The minimum Gasteiger partial charge on any atom is -0.372 e. The Labute approximate surface area is 123 Å². The van der Waals surface area contributed by atoms with Crippen LogP contribution in [0, 0.1) is 0 Å². The molecule has 20 heavy (non-hydrogen) atoms. The van der Waals surface area contributed by atoms with E-state index in [9.17, 15) is 0 Å². The van der Waals surface area contributed by atoms with Crippen LogP contribution in [0.25, 0.3) is 0 Å². The van der Waals surface area contributed by atoms with Gasteiger partial charge in [-0.3, -0.25) is 0 Å². The number of anilines is 1. The molecule has 2 heterocycles. The number of nitrogens with one attached hydrogen (secondary N) is 1. The van der Waals surface area contributed by atoms with Gasteiger partial charge in [0.1, 0.15) is 0 Å². The van der Waals surface area contributed by atoms with Crippen molar-refractivity contribution in [2.24, 2.45) is 0 Å². The molecule has 2 saturated heterocycles. The summed E-state index contributed by atoms with van der Waals surface area (Å²) in [7, 11) is 2.22. The zero-order chi connectivity index (χ0) is 13.8. The van der Waals surface area contributed by atoms with Crippen LogP contribution in [0.15, 0.2) is 24.3 Å². The summed E-state index contributed by atoms with van der Waals surface area (Å²) >= 11 is 0. The minimum atomic E-state index is 0.659. The first-order valence-electron chi connectivity index (χ1n) is 8.07. The summed E-state index contributed by atoms with van der Waals surface area (Å²) in [6, 6.07) is 9.80. The van der Waals surface area contributed by atoms with E-state index in [0.29, 0.717) is 6.04 Å². The third kappa shape index (κ3) is 3.53. The van der Waals surface area contributed by atoms with Gasteiger partial charge < -0.3 is 15.1 Å². The molecule has 1 atom stereocenters. The van der Waals surface area contributed by atoms with Crippen molar-refractivity contribution in [1.82, 2.24) is 10.2 Å². The van der Waals surface area contributed by atoms with E-state index in [1.165, 1.54) is 63.1 Å². The van der Waals surface area contributed by atoms with Gasteiger partial charge in [0.25, 0.3) is 0 Å². The Morgan fingerprint density at radius 2 is 1.80 bits per heavy atom. The Morgan fingerprint density at radius 1 is 1.05 bits per heavy atom. The van der Waals surface area contributed by atoms with E-state index in [4.69, 9.17) is 0 Å². The average Bonchev–Trinajstić information content (AvgIpc) is 3.00. The second-order valence-corrected chi connectivity index (χ2v) is 6.34. The molecule has 3 heteroatoms. The largest absolute Gasteiger partial charge is 0.372 e. The highest BCUT2D eigenvalue weighted by atomic mass is 15.1. The van der Waals surface area contributed by atoms with Crippen LogP contribution in [-0.2, 0) is 6.54 Å². The summed E-state index contributed by atoms with van der Waals surface area (Å²) in [6.07, 6.45) is 5.33. The van der Waals surface area contributed by atoms with E-state index in [0.717, 1.165) is 6.54 Å². The SMILES string of the molecule is CN1CCCC(NCc2ccc(N3CCCC3)cc2)C1. The number of rotatable bonds is 4. The maximum Gasteiger partial charge on any atom is 0.0366 e. The second-order valence-electron chi connectivity index (χ2n) is 6.34. The second kappa shape index (κ2) is 6.59. The third-order valence-corrected chi connectivity index (χ3v) is 4.63. The van der Waals surface area contributed by atoms with Crippen molar-refractivity contribution in [2.75, 3.05) is 38.1 Å². The summed E-state index contributed by atoms with van der Waals surface area (Å²) in [6.45, 7) is 5.89. The maximum atomic E-state index is 3.70. The highest BCUT2D eigenvalue weighted by Crippen LogP contribution is 2.20. The fraction of sp³-hybridized carbons (Fsp3) is 0.647. The summed E-state index contributed by atoms with van der Waals surface area (Å²) in [5, 5.41) is 3.70. The summed E-state index contributed by atoms with van der Waals surface area (Å²) in [5.41, 5.74) is 2.80. The van der Waals surface area contributed by atoms with E-state index in [1.54, 1.807) is 0 Å². The molecular weight excluding hydrogens is 246 g/mol. The molecule has 0 aliphatic carbocycles. The lowest BCUT2D eigenvalue weighted by Crippen LogP contribution is -2.43. The number of likely N-dealkylation sites (N-methyl/N-ethyl adjacent to an activating group) is 1. The van der Waals surface area contributed by atoms with Crippen LogP contribution in [0.2, 0.25) is 0 Å². The average molecular weight is 273 g/mol. The van der Waals surface area contributed by atoms with E-state index in [-0.39, 0.29) is 0 Å². The molecule has 0 aromatic heterocycles. The van der Waals surface area contributed by atoms with Crippen LogP contribution in [0.5, 0.6) is 0 Å². The number of benzene rings is 1. The number of likely N-dealkylation sites (tertiary alicyclic amines) is 1. The van der Waals surface area contributed by atoms with Crippen molar-refractivity contribution >= 4 is 5.69 Å². The van der Waals surface area contributed by atoms with Gasteiger partial charge in [-0.1, -0.05) is 12.1 Å². The molecule has 110 valence electrons. The van der Waals surface area contributed by atoms with Crippen LogP contribution in [0.1, 0.15) is 31.2 Å². The van der Waals surface area contributed by atoms with E-state index < -0.39 is 0 Å². The molecule has 2 aliphatic rings. The Morgan fingerprint density at radius 3 is 2.50 bits per heavy atom. The molecule has 1 aromatic carbocycles. The van der Waals surface area contributed by atoms with Gasteiger partial charge in [0.2, 0.25) is 0 Å². The van der Waals surface area contributed by atoms with Crippen molar-refractivity contribution in [3.63, 3.8) is 0 Å². The fourth-order valence-corrected chi connectivity index (χ4v) is 3.40. The molecular formula is C17H27N3. The number of piperidine rings is 1. The smallest absolute Gasteiger partial charge is 0.0366 e. The number of hydrogen-bond acceptors (Lipinski definition) is 3. The van der Waals surface area contributed by atoms with Gasteiger partial charge in [0.15, 0.2) is 0 Å². The lowest BCUT2D eigenvalue weighted by atomic mass is 10.1. The Bertz CT molecular complexity index is 409. The monoisotopic (exact) mass is 273 g/mol. The normalized spacial score (nSPS) is 24.2. The van der Waals surface area contributed by atoms with Crippen LogP contribution in [0.4, 0.5) is 5.69 Å². The molecule has 1 unspecified atom stereocenters. The van der Waals surface area contributed by atoms with Crippen LogP contribution in [0.3, 0.4) is 0 Å². The first-order valence-corrected chi connectivity index (χ1v) is 8.07. The van der Waals surface area contributed by atoms with Gasteiger partial charge >= 0.3 is 0 Å². The van der Waals surface area contributed by atoms with Crippen LogP contribution >= 0.6 is 0 Å². The van der Waals surface area contributed by atoms with Gasteiger partial charge in [-0.25, -0.2) is 0 Å². The number of nitrogens with zero attached hydrogens (tertiary/aromatic N) is 2. The Balaban J connectivity index is 1.50. The number of hydrogen-bond donors (Lipinski definition) is 1.